The van der Waals surface area contributed by atoms with Crippen molar-refractivity contribution >= 4 is 23.3 Å². The van der Waals surface area contributed by atoms with Crippen molar-refractivity contribution < 1.29 is 33.7 Å². The molecule has 0 bridgehead atoms. The molecule has 31 heavy (non-hydrogen) atoms. The number of ether oxygens (including phenoxy) is 3. The van der Waals surface area contributed by atoms with E-state index in [1.54, 1.807) is 36.4 Å². The number of aliphatic hydroxyl groups excluding tert-OH is 1. The Morgan fingerprint density at radius 3 is 2.26 bits per heavy atom. The van der Waals surface area contributed by atoms with E-state index in [2.05, 4.69) is 0 Å². The molecule has 2 aromatic rings. The van der Waals surface area contributed by atoms with Crippen LogP contribution in [0, 0.1) is 0 Å². The molecule has 0 heterocycles. The lowest BCUT2D eigenvalue weighted by atomic mass is 9.78. The number of esters is 1. The third-order valence-electron chi connectivity index (χ3n) is 5.03. The fourth-order valence-electron chi connectivity index (χ4n) is 3.60. The summed E-state index contributed by atoms with van der Waals surface area (Å²) in [5.41, 5.74) is 0.738. The smallest absolute Gasteiger partial charge is 0.306 e. The van der Waals surface area contributed by atoms with Crippen LogP contribution in [0.3, 0.4) is 0 Å². The van der Waals surface area contributed by atoms with Crippen LogP contribution in [0.5, 0.6) is 11.5 Å². The van der Waals surface area contributed by atoms with Gasteiger partial charge in [0.25, 0.3) is 0 Å². The normalized spacial score (nSPS) is 14.4. The van der Waals surface area contributed by atoms with Crippen molar-refractivity contribution in [3.8, 4) is 11.5 Å². The summed E-state index contributed by atoms with van der Waals surface area (Å²) in [6.45, 7) is 3.75. The van der Waals surface area contributed by atoms with Crippen LogP contribution < -0.4 is 9.47 Å². The number of rotatable bonds is 7. The number of fused-ring (bicyclic) bond motifs is 1. The molecule has 7 heteroatoms. The molecule has 0 aromatic heterocycles. The summed E-state index contributed by atoms with van der Waals surface area (Å²) in [5.74, 6) is -2.53. The maximum atomic E-state index is 13.0. The van der Waals surface area contributed by atoms with E-state index >= 15 is 0 Å². The first-order valence-corrected chi connectivity index (χ1v) is 9.81. The topological polar surface area (TPSA) is 99.1 Å². The second-order valence-corrected chi connectivity index (χ2v) is 7.38. The Labute approximate surface area is 180 Å². The first-order valence-electron chi connectivity index (χ1n) is 9.81. The maximum Gasteiger partial charge on any atom is 0.306 e. The number of carbonyl (C=O) groups is 3. The fourth-order valence-corrected chi connectivity index (χ4v) is 3.60. The van der Waals surface area contributed by atoms with Crippen LogP contribution in [0.4, 0.5) is 0 Å². The summed E-state index contributed by atoms with van der Waals surface area (Å²) in [6.07, 6.45) is -0.337. The third kappa shape index (κ3) is 4.30. The molecule has 3 rings (SSSR count). The molecule has 2 aromatic carbocycles. The minimum absolute atomic E-state index is 0.0913. The summed E-state index contributed by atoms with van der Waals surface area (Å²) >= 11 is 0. The highest BCUT2D eigenvalue weighted by atomic mass is 16.5. The van der Waals surface area contributed by atoms with Gasteiger partial charge in [-0.1, -0.05) is 30.3 Å². The molecule has 162 valence electrons. The van der Waals surface area contributed by atoms with Gasteiger partial charge < -0.3 is 19.3 Å². The number of methoxy groups -OCH3 is 2. The average molecular weight is 424 g/mol. The second-order valence-electron chi connectivity index (χ2n) is 7.38. The lowest BCUT2D eigenvalue weighted by Gasteiger charge is -2.25. The number of hydrogen-bond acceptors (Lipinski definition) is 7. The minimum atomic E-state index is -0.917. The molecule has 0 saturated carbocycles. The number of aliphatic hydroxyl groups is 1. The van der Waals surface area contributed by atoms with Crippen LogP contribution in [0.15, 0.2) is 48.0 Å². The van der Waals surface area contributed by atoms with Gasteiger partial charge in [0.2, 0.25) is 11.6 Å². The molecule has 1 atom stereocenters. The lowest BCUT2D eigenvalue weighted by molar-refractivity contribution is -0.140. The standard InChI is InChI=1S/C24H24O7/c1-13(2)31-18-10-9-14(11-19(18)29-3)17(12-20(25)30-4)21-22(26)15-7-5-6-8-16(15)23(27)24(21)28/h5-11,13,17,26H,12H2,1-4H3/t17-/m1/s1. The molecule has 0 unspecified atom stereocenters. The summed E-state index contributed by atoms with van der Waals surface area (Å²) in [7, 11) is 2.71. The molecule has 1 aliphatic carbocycles. The summed E-state index contributed by atoms with van der Waals surface area (Å²) in [6, 6.07) is 11.3. The highest BCUT2D eigenvalue weighted by molar-refractivity contribution is 6.52. The Hall–Kier alpha value is -3.61. The van der Waals surface area contributed by atoms with Gasteiger partial charge in [0.15, 0.2) is 11.5 Å². The molecular formula is C24H24O7. The first-order chi connectivity index (χ1) is 14.8. The second kappa shape index (κ2) is 9.04. The van der Waals surface area contributed by atoms with E-state index in [1.165, 1.54) is 20.3 Å². The Bertz CT molecular complexity index is 1070. The monoisotopic (exact) mass is 424 g/mol. The Morgan fingerprint density at radius 2 is 1.65 bits per heavy atom. The molecule has 1 aliphatic rings. The Morgan fingerprint density at radius 1 is 0.968 bits per heavy atom. The van der Waals surface area contributed by atoms with Crippen molar-refractivity contribution in [2.45, 2.75) is 32.3 Å². The van der Waals surface area contributed by atoms with Gasteiger partial charge in [-0.3, -0.25) is 14.4 Å². The first kappa shape index (κ1) is 22.1. The predicted octanol–water partition coefficient (Wildman–Crippen LogP) is 3.86. The zero-order valence-corrected chi connectivity index (χ0v) is 17.8. The molecule has 0 fully saturated rings. The van der Waals surface area contributed by atoms with Crippen molar-refractivity contribution in [2.24, 2.45) is 0 Å². The van der Waals surface area contributed by atoms with E-state index in [9.17, 15) is 19.5 Å². The van der Waals surface area contributed by atoms with E-state index < -0.39 is 23.5 Å². The SMILES string of the molecule is COC(=O)C[C@@H](C1=C(O)c2ccccc2C(=O)C1=O)c1ccc(OC(C)C)c(OC)c1. The van der Waals surface area contributed by atoms with Gasteiger partial charge in [0.05, 0.1) is 32.3 Å². The largest absolute Gasteiger partial charge is 0.507 e. The molecule has 0 aliphatic heterocycles. The van der Waals surface area contributed by atoms with E-state index in [0.717, 1.165) is 0 Å². The van der Waals surface area contributed by atoms with E-state index in [0.29, 0.717) is 17.1 Å². The Balaban J connectivity index is 2.18. The van der Waals surface area contributed by atoms with Crippen LogP contribution in [0.25, 0.3) is 5.76 Å². The number of Topliss-reactive ketones (excluding diaryl/α,β-unsaturated/α-hetero) is 2. The number of hydrogen-bond donors (Lipinski definition) is 1. The van der Waals surface area contributed by atoms with Gasteiger partial charge in [-0.05, 0) is 31.5 Å². The highest BCUT2D eigenvalue weighted by Crippen LogP contribution is 2.41. The molecule has 1 N–H and O–H groups in total. The van der Waals surface area contributed by atoms with Crippen molar-refractivity contribution in [1.82, 2.24) is 0 Å². The van der Waals surface area contributed by atoms with Gasteiger partial charge in [-0.25, -0.2) is 0 Å². The zero-order chi connectivity index (χ0) is 22.7. The van der Waals surface area contributed by atoms with Crippen molar-refractivity contribution in [3.63, 3.8) is 0 Å². The molecule has 0 radical (unpaired) electrons. The highest BCUT2D eigenvalue weighted by Gasteiger charge is 2.38. The van der Waals surface area contributed by atoms with Crippen LogP contribution in [0.1, 0.15) is 47.7 Å². The predicted molar refractivity (Wildman–Crippen MR) is 113 cm³/mol. The molecule has 0 saturated heterocycles. The molecule has 0 amide bonds. The number of benzene rings is 2. The van der Waals surface area contributed by atoms with Crippen LogP contribution in [-0.2, 0) is 14.3 Å². The lowest BCUT2D eigenvalue weighted by Crippen LogP contribution is -2.28. The van der Waals surface area contributed by atoms with Crippen LogP contribution in [-0.4, -0.2) is 43.0 Å². The summed E-state index contributed by atoms with van der Waals surface area (Å²) in [5, 5.41) is 10.9. The molecule has 0 spiro atoms. The average Bonchev–Trinajstić information content (AvgIpc) is 2.76. The van der Waals surface area contributed by atoms with Crippen molar-refractivity contribution in [3.05, 3.63) is 64.7 Å². The zero-order valence-electron chi connectivity index (χ0n) is 17.8. The quantitative estimate of drug-likeness (QED) is 0.532. The van der Waals surface area contributed by atoms with Gasteiger partial charge in [-0.2, -0.15) is 0 Å². The number of carbonyl (C=O) groups excluding carboxylic acids is 3. The van der Waals surface area contributed by atoms with Gasteiger partial charge >= 0.3 is 5.97 Å². The summed E-state index contributed by atoms with van der Waals surface area (Å²) in [4.78, 5) is 37.8. The fraction of sp³-hybridized carbons (Fsp3) is 0.292. The third-order valence-corrected chi connectivity index (χ3v) is 5.03. The molecule has 7 nitrogen and oxygen atoms in total. The maximum absolute atomic E-state index is 13.0. The van der Waals surface area contributed by atoms with Crippen LogP contribution in [0.2, 0.25) is 0 Å². The van der Waals surface area contributed by atoms with Crippen molar-refractivity contribution in [1.29, 1.82) is 0 Å². The van der Waals surface area contributed by atoms with Crippen molar-refractivity contribution in [2.75, 3.05) is 14.2 Å². The minimum Gasteiger partial charge on any atom is -0.507 e. The summed E-state index contributed by atoms with van der Waals surface area (Å²) < 4.78 is 15.9. The number of allylic oxidation sites excluding steroid dienone is 1. The van der Waals surface area contributed by atoms with Gasteiger partial charge in [0, 0.05) is 17.0 Å². The van der Waals surface area contributed by atoms with E-state index in [-0.39, 0.29) is 35.0 Å². The van der Waals surface area contributed by atoms with E-state index in [4.69, 9.17) is 14.2 Å². The van der Waals surface area contributed by atoms with Gasteiger partial charge in [-0.15, -0.1) is 0 Å². The van der Waals surface area contributed by atoms with Gasteiger partial charge in [0.1, 0.15) is 5.76 Å². The Kier molecular flexibility index (Phi) is 6.44. The molecular weight excluding hydrogens is 400 g/mol. The van der Waals surface area contributed by atoms with E-state index in [1.807, 2.05) is 13.8 Å². The van der Waals surface area contributed by atoms with Crippen LogP contribution >= 0.6 is 0 Å². The number of ketones is 2.